The number of benzene rings is 2. The average molecular weight is 537 g/mol. The monoisotopic (exact) mass is 535 g/mol. The summed E-state index contributed by atoms with van der Waals surface area (Å²) < 4.78 is 6.99. The zero-order valence-electron chi connectivity index (χ0n) is 17.6. The van der Waals surface area contributed by atoms with Crippen molar-refractivity contribution in [1.82, 2.24) is 9.66 Å². The molecule has 33 heavy (non-hydrogen) atoms. The number of amides is 1. The normalized spacial score (nSPS) is 12.2. The highest BCUT2D eigenvalue weighted by molar-refractivity contribution is 9.10. The standard InChI is InChI=1S/C21H19BrClN5O5/c1-3-11(2)20-26-16-5-4-13(22)8-14(16)21(30)27(20)25-9-12-6-15(23)19(33-10-18(24)29)17(7-12)28(31)32/h4-9,11H,3,10H2,1-2H3,(H2,24,29)/t11-/m1/s1. The van der Waals surface area contributed by atoms with E-state index in [2.05, 4.69) is 26.0 Å². The molecular formula is C21H19BrClN5O5. The minimum atomic E-state index is -0.807. The molecule has 0 fully saturated rings. The van der Waals surface area contributed by atoms with Crippen LogP contribution in [0.3, 0.4) is 0 Å². The molecule has 3 rings (SSSR count). The number of aromatic nitrogens is 2. The van der Waals surface area contributed by atoms with Crippen molar-refractivity contribution >= 4 is 56.2 Å². The molecule has 0 unspecified atom stereocenters. The summed E-state index contributed by atoms with van der Waals surface area (Å²) in [5, 5.41) is 16.0. The van der Waals surface area contributed by atoms with Crippen molar-refractivity contribution in [3.8, 4) is 5.75 Å². The first-order chi connectivity index (χ1) is 15.6. The molecule has 2 aromatic carbocycles. The molecule has 0 saturated carbocycles. The summed E-state index contributed by atoms with van der Waals surface area (Å²) in [6.45, 7) is 3.32. The van der Waals surface area contributed by atoms with Crippen LogP contribution in [0.1, 0.15) is 37.6 Å². The lowest BCUT2D eigenvalue weighted by Gasteiger charge is -2.14. The Labute approximate surface area is 201 Å². The lowest BCUT2D eigenvalue weighted by molar-refractivity contribution is -0.385. The van der Waals surface area contributed by atoms with Gasteiger partial charge in [0.2, 0.25) is 5.75 Å². The average Bonchev–Trinajstić information content (AvgIpc) is 2.76. The van der Waals surface area contributed by atoms with E-state index in [-0.39, 0.29) is 27.8 Å². The predicted molar refractivity (Wildman–Crippen MR) is 128 cm³/mol. The topological polar surface area (TPSA) is 143 Å². The van der Waals surface area contributed by atoms with Crippen LogP contribution in [0.5, 0.6) is 5.75 Å². The van der Waals surface area contributed by atoms with Gasteiger partial charge in [-0.3, -0.25) is 19.7 Å². The quantitative estimate of drug-likeness (QED) is 0.262. The number of rotatable bonds is 8. The molecule has 1 atom stereocenters. The molecule has 10 nitrogen and oxygen atoms in total. The van der Waals surface area contributed by atoms with Crippen molar-refractivity contribution in [3.05, 3.63) is 71.7 Å². The number of halogens is 2. The lowest BCUT2D eigenvalue weighted by atomic mass is 10.1. The SMILES string of the molecule is CC[C@@H](C)c1nc2ccc(Br)cc2c(=O)n1N=Cc1cc(Cl)c(OCC(N)=O)c([N+](=O)[O-])c1. The summed E-state index contributed by atoms with van der Waals surface area (Å²) in [5.74, 6) is -0.716. The molecule has 1 amide bonds. The Morgan fingerprint density at radius 1 is 1.42 bits per heavy atom. The molecule has 0 radical (unpaired) electrons. The van der Waals surface area contributed by atoms with Crippen molar-refractivity contribution in [2.45, 2.75) is 26.2 Å². The van der Waals surface area contributed by atoms with Crippen LogP contribution in [0.25, 0.3) is 10.9 Å². The van der Waals surface area contributed by atoms with E-state index in [0.717, 1.165) is 4.47 Å². The largest absolute Gasteiger partial charge is 0.476 e. The van der Waals surface area contributed by atoms with Crippen LogP contribution < -0.4 is 16.0 Å². The van der Waals surface area contributed by atoms with Gasteiger partial charge in [-0.25, -0.2) is 4.98 Å². The van der Waals surface area contributed by atoms with Crippen LogP contribution in [0.4, 0.5) is 5.69 Å². The van der Waals surface area contributed by atoms with Gasteiger partial charge >= 0.3 is 5.69 Å². The first-order valence-electron chi connectivity index (χ1n) is 9.78. The van der Waals surface area contributed by atoms with Gasteiger partial charge in [0.1, 0.15) is 5.82 Å². The molecule has 2 N–H and O–H groups in total. The molecule has 172 valence electrons. The molecule has 12 heteroatoms. The number of carbonyl (C=O) groups is 1. The number of primary amides is 1. The number of nitro groups is 1. The Kier molecular flexibility index (Phi) is 7.44. The number of carbonyl (C=O) groups excluding carboxylic acids is 1. The molecule has 0 saturated heterocycles. The zero-order chi connectivity index (χ0) is 24.3. The van der Waals surface area contributed by atoms with E-state index < -0.39 is 23.1 Å². The number of nitrogens with two attached hydrogens (primary N) is 1. The number of ether oxygens (including phenoxy) is 1. The fourth-order valence-electron chi connectivity index (χ4n) is 3.00. The summed E-state index contributed by atoms with van der Waals surface area (Å²) in [7, 11) is 0. The molecule has 0 aliphatic rings. The number of nitrogens with zero attached hydrogens (tertiary/aromatic N) is 4. The van der Waals surface area contributed by atoms with Gasteiger partial charge in [-0.15, -0.1) is 0 Å². The summed E-state index contributed by atoms with van der Waals surface area (Å²) in [6, 6.07) is 7.74. The van der Waals surface area contributed by atoms with E-state index in [1.165, 1.54) is 23.0 Å². The molecule has 0 bridgehead atoms. The molecule has 0 aliphatic heterocycles. The van der Waals surface area contributed by atoms with Gasteiger partial charge in [-0.05, 0) is 30.7 Å². The fraction of sp³-hybridized carbons (Fsp3) is 0.238. The molecule has 1 heterocycles. The maximum absolute atomic E-state index is 13.2. The van der Waals surface area contributed by atoms with E-state index in [1.54, 1.807) is 18.2 Å². The zero-order valence-corrected chi connectivity index (χ0v) is 20.0. The summed E-state index contributed by atoms with van der Waals surface area (Å²) in [5.41, 5.74) is 4.97. The predicted octanol–water partition coefficient (Wildman–Crippen LogP) is 3.98. The fourth-order valence-corrected chi connectivity index (χ4v) is 3.64. The summed E-state index contributed by atoms with van der Waals surface area (Å²) in [4.78, 5) is 39.6. The van der Waals surface area contributed by atoms with Gasteiger partial charge in [0, 0.05) is 22.0 Å². The van der Waals surface area contributed by atoms with Crippen LogP contribution >= 0.6 is 27.5 Å². The van der Waals surface area contributed by atoms with E-state index in [4.69, 9.17) is 22.1 Å². The second-order valence-electron chi connectivity index (χ2n) is 7.17. The third-order valence-electron chi connectivity index (χ3n) is 4.81. The third-order valence-corrected chi connectivity index (χ3v) is 5.58. The number of nitro benzene ring substituents is 1. The third kappa shape index (κ3) is 5.37. The minimum absolute atomic E-state index is 0.0783. The Bertz CT molecular complexity index is 1340. The lowest BCUT2D eigenvalue weighted by Crippen LogP contribution is -2.23. The number of fused-ring (bicyclic) bond motifs is 1. The van der Waals surface area contributed by atoms with Crippen molar-refractivity contribution in [1.29, 1.82) is 0 Å². The Morgan fingerprint density at radius 2 is 2.15 bits per heavy atom. The van der Waals surface area contributed by atoms with Crippen molar-refractivity contribution < 1.29 is 14.5 Å². The van der Waals surface area contributed by atoms with Crippen LogP contribution in [-0.4, -0.2) is 33.3 Å². The van der Waals surface area contributed by atoms with Gasteiger partial charge in [0.25, 0.3) is 11.5 Å². The summed E-state index contributed by atoms with van der Waals surface area (Å²) in [6.07, 6.45) is 1.99. The molecule has 3 aromatic rings. The second-order valence-corrected chi connectivity index (χ2v) is 8.49. The van der Waals surface area contributed by atoms with E-state index in [9.17, 15) is 19.7 Å². The number of hydrogen-bond acceptors (Lipinski definition) is 7. The molecule has 0 aliphatic carbocycles. The number of hydrogen-bond donors (Lipinski definition) is 1. The van der Waals surface area contributed by atoms with Gasteiger partial charge in [-0.2, -0.15) is 9.78 Å². The van der Waals surface area contributed by atoms with Gasteiger partial charge in [0.05, 0.1) is 27.1 Å². The first-order valence-corrected chi connectivity index (χ1v) is 10.9. The van der Waals surface area contributed by atoms with Crippen molar-refractivity contribution in [2.75, 3.05) is 6.61 Å². The van der Waals surface area contributed by atoms with Gasteiger partial charge in [-0.1, -0.05) is 41.4 Å². The molecular weight excluding hydrogens is 518 g/mol. The Hall–Kier alpha value is -3.31. The minimum Gasteiger partial charge on any atom is -0.476 e. The van der Waals surface area contributed by atoms with Crippen LogP contribution in [0.2, 0.25) is 5.02 Å². The summed E-state index contributed by atoms with van der Waals surface area (Å²) >= 11 is 9.50. The van der Waals surface area contributed by atoms with Crippen LogP contribution in [-0.2, 0) is 4.79 Å². The molecule has 1 aromatic heterocycles. The van der Waals surface area contributed by atoms with Gasteiger partial charge in [0.15, 0.2) is 6.61 Å². The maximum atomic E-state index is 13.2. The second kappa shape index (κ2) is 10.1. The Balaban J connectivity index is 2.13. The first kappa shape index (κ1) is 24.3. The maximum Gasteiger partial charge on any atom is 0.313 e. The van der Waals surface area contributed by atoms with Crippen LogP contribution in [0, 0.1) is 10.1 Å². The highest BCUT2D eigenvalue weighted by Crippen LogP contribution is 2.35. The smallest absolute Gasteiger partial charge is 0.313 e. The Morgan fingerprint density at radius 3 is 2.79 bits per heavy atom. The molecule has 0 spiro atoms. The highest BCUT2D eigenvalue weighted by Gasteiger charge is 2.21. The van der Waals surface area contributed by atoms with Gasteiger partial charge < -0.3 is 10.5 Å². The van der Waals surface area contributed by atoms with E-state index >= 15 is 0 Å². The van der Waals surface area contributed by atoms with E-state index in [0.29, 0.717) is 23.1 Å². The van der Waals surface area contributed by atoms with Crippen molar-refractivity contribution in [3.63, 3.8) is 0 Å². The van der Waals surface area contributed by atoms with E-state index in [1.807, 2.05) is 13.8 Å². The van der Waals surface area contributed by atoms with Crippen molar-refractivity contribution in [2.24, 2.45) is 10.8 Å². The van der Waals surface area contributed by atoms with Crippen LogP contribution in [0.15, 0.2) is 44.7 Å². The highest BCUT2D eigenvalue weighted by atomic mass is 79.9.